The molecule has 0 spiro atoms. The first kappa shape index (κ1) is 24.3. The molecule has 1 aliphatic rings. The number of nitrogens with one attached hydrogen (secondary N) is 3. The summed E-state index contributed by atoms with van der Waals surface area (Å²) in [6.07, 6.45) is -4.48. The Morgan fingerprint density at radius 1 is 1.21 bits per heavy atom. The van der Waals surface area contributed by atoms with Crippen LogP contribution in [0.2, 0.25) is 5.02 Å². The molecule has 3 rings (SSSR count). The van der Waals surface area contributed by atoms with Crippen LogP contribution in [0, 0.1) is 11.3 Å². The number of nitriles is 1. The van der Waals surface area contributed by atoms with Crippen LogP contribution in [0.25, 0.3) is 0 Å². The molecule has 0 aromatic heterocycles. The molecule has 2 amide bonds. The molecule has 0 bridgehead atoms. The topological polar surface area (TPSA) is 128 Å². The van der Waals surface area contributed by atoms with Crippen LogP contribution in [0.3, 0.4) is 0 Å². The molecule has 2 aromatic rings. The van der Waals surface area contributed by atoms with Crippen molar-refractivity contribution in [1.82, 2.24) is 5.32 Å². The lowest BCUT2D eigenvalue weighted by Crippen LogP contribution is -2.52. The van der Waals surface area contributed by atoms with Crippen LogP contribution in [-0.2, 0) is 21.0 Å². The van der Waals surface area contributed by atoms with E-state index < -0.39 is 55.3 Å². The van der Waals surface area contributed by atoms with Crippen LogP contribution in [0.1, 0.15) is 41.8 Å². The molecular formula is C20H16ClF3N4O4S. The Bertz CT molecular complexity index is 1320. The first-order chi connectivity index (χ1) is 15.2. The SMILES string of the molecule is CCC1(C)NC(=O)c2cc(S(=O)(=O)Nc3ccc(C(F)(F)F)cc3C#N)cc(Cl)c2NC1=O. The fourth-order valence-corrected chi connectivity index (χ4v) is 4.49. The molecule has 1 unspecified atom stereocenters. The number of carbonyl (C=O) groups is 2. The van der Waals surface area contributed by atoms with Crippen molar-refractivity contribution in [2.75, 3.05) is 10.0 Å². The van der Waals surface area contributed by atoms with Gasteiger partial charge >= 0.3 is 6.18 Å². The number of benzene rings is 2. The summed E-state index contributed by atoms with van der Waals surface area (Å²) in [4.78, 5) is 24.7. The quantitative estimate of drug-likeness (QED) is 0.587. The minimum atomic E-state index is -4.72. The Morgan fingerprint density at radius 2 is 1.88 bits per heavy atom. The number of hydrogen-bond donors (Lipinski definition) is 3. The number of carbonyl (C=O) groups excluding carboxylic acids is 2. The van der Waals surface area contributed by atoms with Crippen LogP contribution in [0.4, 0.5) is 24.5 Å². The summed E-state index contributed by atoms with van der Waals surface area (Å²) in [6.45, 7) is 3.17. The second kappa shape index (κ2) is 8.24. The largest absolute Gasteiger partial charge is 0.416 e. The number of alkyl halides is 3. The third-order valence-corrected chi connectivity index (χ3v) is 6.81. The maximum atomic E-state index is 12.9. The summed E-state index contributed by atoms with van der Waals surface area (Å²) in [5.74, 6) is -1.30. The van der Waals surface area contributed by atoms with Crippen molar-refractivity contribution in [3.63, 3.8) is 0 Å². The van der Waals surface area contributed by atoms with Gasteiger partial charge in [-0.1, -0.05) is 18.5 Å². The number of halogens is 4. The van der Waals surface area contributed by atoms with Crippen LogP contribution in [0.5, 0.6) is 0 Å². The van der Waals surface area contributed by atoms with Crippen molar-refractivity contribution in [3.8, 4) is 6.07 Å². The van der Waals surface area contributed by atoms with Gasteiger partial charge in [0.05, 0.1) is 38.0 Å². The van der Waals surface area contributed by atoms with E-state index in [9.17, 15) is 36.4 Å². The summed E-state index contributed by atoms with van der Waals surface area (Å²) in [5.41, 5.74) is -3.64. The zero-order valence-corrected chi connectivity index (χ0v) is 18.7. The van der Waals surface area contributed by atoms with Crippen LogP contribution < -0.4 is 15.4 Å². The average Bonchev–Trinajstić information content (AvgIpc) is 2.82. The second-order valence-corrected chi connectivity index (χ2v) is 9.49. The predicted octanol–water partition coefficient (Wildman–Crippen LogP) is 3.88. The smallest absolute Gasteiger partial charge is 0.338 e. The third kappa shape index (κ3) is 4.60. The Balaban J connectivity index is 2.04. The summed E-state index contributed by atoms with van der Waals surface area (Å²) < 4.78 is 66.5. The number of rotatable bonds is 4. The lowest BCUT2D eigenvalue weighted by Gasteiger charge is -2.25. The third-order valence-electron chi connectivity index (χ3n) is 5.17. The minimum Gasteiger partial charge on any atom is -0.338 e. The maximum Gasteiger partial charge on any atom is 0.416 e. The number of sulfonamides is 1. The molecule has 1 atom stereocenters. The molecule has 0 aliphatic carbocycles. The number of anilines is 2. The van der Waals surface area contributed by atoms with E-state index in [2.05, 4.69) is 10.6 Å². The second-order valence-electron chi connectivity index (χ2n) is 7.40. The standard InChI is InChI=1S/C20H16ClF3N4O4S/c1-3-19(2)18(30)26-16-13(17(29)27-19)7-12(8-14(16)21)33(31,32)28-15-5-4-11(20(22,23)24)6-10(15)9-25/h4-8,28H,3H2,1-2H3,(H,26,30)(H,27,29). The van der Waals surface area contributed by atoms with Crippen LogP contribution in [-0.4, -0.2) is 25.8 Å². The number of nitrogens with zero attached hydrogens (tertiary/aromatic N) is 1. The molecule has 8 nitrogen and oxygen atoms in total. The van der Waals surface area contributed by atoms with Crippen molar-refractivity contribution >= 4 is 44.8 Å². The fraction of sp³-hybridized carbons (Fsp3) is 0.250. The van der Waals surface area contributed by atoms with Gasteiger partial charge in [-0.15, -0.1) is 0 Å². The molecule has 0 radical (unpaired) electrons. The normalized spacial score (nSPS) is 18.5. The van der Waals surface area contributed by atoms with Gasteiger partial charge in [0.25, 0.3) is 15.9 Å². The fourth-order valence-electron chi connectivity index (χ4n) is 3.02. The van der Waals surface area contributed by atoms with Crippen molar-refractivity contribution in [3.05, 3.63) is 52.0 Å². The van der Waals surface area contributed by atoms with Gasteiger partial charge in [-0.25, -0.2) is 8.42 Å². The molecule has 1 aliphatic heterocycles. The van der Waals surface area contributed by atoms with Gasteiger partial charge < -0.3 is 10.6 Å². The summed E-state index contributed by atoms with van der Waals surface area (Å²) >= 11 is 6.16. The highest BCUT2D eigenvalue weighted by Crippen LogP contribution is 2.35. The monoisotopic (exact) mass is 500 g/mol. The maximum absolute atomic E-state index is 12.9. The molecule has 174 valence electrons. The van der Waals surface area contributed by atoms with Gasteiger partial charge in [-0.3, -0.25) is 14.3 Å². The average molecular weight is 501 g/mol. The van der Waals surface area contributed by atoms with Crippen LogP contribution >= 0.6 is 11.6 Å². The van der Waals surface area contributed by atoms with E-state index >= 15 is 0 Å². The Morgan fingerprint density at radius 3 is 2.45 bits per heavy atom. The van der Waals surface area contributed by atoms with Crippen molar-refractivity contribution in [2.45, 2.75) is 36.9 Å². The number of hydrogen-bond acceptors (Lipinski definition) is 5. The highest BCUT2D eigenvalue weighted by molar-refractivity contribution is 7.92. The molecule has 13 heteroatoms. The van der Waals surface area contributed by atoms with E-state index in [-0.39, 0.29) is 22.7 Å². The van der Waals surface area contributed by atoms with Gasteiger partial charge in [0.2, 0.25) is 5.91 Å². The Hall–Kier alpha value is -3.30. The van der Waals surface area contributed by atoms with E-state index in [1.54, 1.807) is 6.92 Å². The molecule has 33 heavy (non-hydrogen) atoms. The molecule has 1 heterocycles. The van der Waals surface area contributed by atoms with Gasteiger partial charge in [0, 0.05) is 0 Å². The lowest BCUT2D eigenvalue weighted by molar-refractivity contribution is -0.137. The summed E-state index contributed by atoms with van der Waals surface area (Å²) in [6, 6.07) is 5.40. The first-order valence-electron chi connectivity index (χ1n) is 9.33. The highest BCUT2D eigenvalue weighted by atomic mass is 35.5. The van der Waals surface area contributed by atoms with Gasteiger partial charge in [0.1, 0.15) is 11.6 Å². The predicted molar refractivity (Wildman–Crippen MR) is 113 cm³/mol. The first-order valence-corrected chi connectivity index (χ1v) is 11.2. The molecule has 0 fully saturated rings. The molecule has 0 saturated heterocycles. The van der Waals surface area contributed by atoms with Crippen LogP contribution in [0.15, 0.2) is 35.2 Å². The van der Waals surface area contributed by atoms with E-state index in [4.69, 9.17) is 11.6 Å². The Labute approximate surface area is 191 Å². The molecule has 0 saturated carbocycles. The van der Waals surface area contributed by atoms with Gasteiger partial charge in [0.15, 0.2) is 0 Å². The zero-order chi connectivity index (χ0) is 24.8. The Kier molecular flexibility index (Phi) is 6.08. The highest BCUT2D eigenvalue weighted by Gasteiger charge is 2.38. The number of fused-ring (bicyclic) bond motifs is 1. The van der Waals surface area contributed by atoms with E-state index in [1.165, 1.54) is 13.0 Å². The minimum absolute atomic E-state index is 0.0810. The van der Waals surface area contributed by atoms with Crippen molar-refractivity contribution in [1.29, 1.82) is 5.26 Å². The van der Waals surface area contributed by atoms with Gasteiger partial charge in [-0.2, -0.15) is 18.4 Å². The van der Waals surface area contributed by atoms with E-state index in [1.807, 2.05) is 4.72 Å². The van der Waals surface area contributed by atoms with E-state index in [0.717, 1.165) is 18.2 Å². The molecule has 2 aromatic carbocycles. The zero-order valence-electron chi connectivity index (χ0n) is 17.1. The van der Waals surface area contributed by atoms with Gasteiger partial charge in [-0.05, 0) is 43.7 Å². The summed E-state index contributed by atoms with van der Waals surface area (Å²) in [5, 5.41) is 14.0. The van der Waals surface area contributed by atoms with E-state index in [0.29, 0.717) is 12.1 Å². The summed E-state index contributed by atoms with van der Waals surface area (Å²) in [7, 11) is -4.49. The molecule has 3 N–H and O–H groups in total. The van der Waals surface area contributed by atoms with Crippen molar-refractivity contribution < 1.29 is 31.2 Å². The molecular weight excluding hydrogens is 485 g/mol. The number of amides is 2. The lowest BCUT2D eigenvalue weighted by atomic mass is 9.98. The van der Waals surface area contributed by atoms with Crippen molar-refractivity contribution in [2.24, 2.45) is 0 Å².